The van der Waals surface area contributed by atoms with E-state index in [0.29, 0.717) is 18.9 Å². The minimum atomic E-state index is -3.24. The Kier molecular flexibility index (Phi) is 7.69. The molecule has 1 aromatic rings. The lowest BCUT2D eigenvalue weighted by molar-refractivity contribution is 0.471. The lowest BCUT2D eigenvalue weighted by Gasteiger charge is -2.19. The fraction of sp³-hybridized carbons (Fsp3) is 0.643. The van der Waals surface area contributed by atoms with Crippen molar-refractivity contribution in [2.75, 3.05) is 12.3 Å². The van der Waals surface area contributed by atoms with Gasteiger partial charge in [-0.1, -0.05) is 48.7 Å². The van der Waals surface area contributed by atoms with Crippen LogP contribution in [0.5, 0.6) is 0 Å². The summed E-state index contributed by atoms with van der Waals surface area (Å²) in [5.74, 6) is 0.570. The van der Waals surface area contributed by atoms with Crippen molar-refractivity contribution in [1.82, 2.24) is 9.71 Å². The first-order chi connectivity index (χ1) is 9.48. The molecule has 0 aromatic carbocycles. The predicted molar refractivity (Wildman–Crippen MR) is 86.5 cm³/mol. The van der Waals surface area contributed by atoms with Crippen LogP contribution in [0, 0.1) is 5.92 Å². The lowest BCUT2D eigenvalue weighted by Crippen LogP contribution is -2.34. The van der Waals surface area contributed by atoms with Gasteiger partial charge in [-0.05, 0) is 18.1 Å². The van der Waals surface area contributed by atoms with Gasteiger partial charge in [0.1, 0.15) is 0 Å². The summed E-state index contributed by atoms with van der Waals surface area (Å²) in [6.07, 6.45) is 4.20. The van der Waals surface area contributed by atoms with Crippen molar-refractivity contribution in [3.8, 4) is 0 Å². The molecule has 1 aromatic heterocycles. The molecule has 0 fully saturated rings. The smallest absolute Gasteiger partial charge is 0.212 e. The molecule has 1 unspecified atom stereocenters. The van der Waals surface area contributed by atoms with Gasteiger partial charge in [-0.3, -0.25) is 4.98 Å². The molecular formula is C14H23BrN2O2S. The topological polar surface area (TPSA) is 59.1 Å². The summed E-state index contributed by atoms with van der Waals surface area (Å²) in [5.41, 5.74) is 0.799. The van der Waals surface area contributed by atoms with Crippen molar-refractivity contribution < 1.29 is 8.42 Å². The van der Waals surface area contributed by atoms with Crippen LogP contribution in [0.1, 0.15) is 32.4 Å². The largest absolute Gasteiger partial charge is 0.261 e. The first-order valence-electron chi connectivity index (χ1n) is 6.99. The molecule has 1 N–H and O–H groups in total. The van der Waals surface area contributed by atoms with Crippen molar-refractivity contribution >= 4 is 26.0 Å². The third-order valence-electron chi connectivity index (χ3n) is 3.41. The van der Waals surface area contributed by atoms with Gasteiger partial charge in [0, 0.05) is 29.7 Å². The maximum absolute atomic E-state index is 11.9. The molecule has 20 heavy (non-hydrogen) atoms. The Morgan fingerprint density at radius 3 is 2.55 bits per heavy atom. The number of nitrogens with zero attached hydrogens (tertiary/aromatic N) is 1. The maximum Gasteiger partial charge on any atom is 0.212 e. The van der Waals surface area contributed by atoms with E-state index in [1.165, 1.54) is 0 Å². The van der Waals surface area contributed by atoms with E-state index < -0.39 is 10.0 Å². The predicted octanol–water partition coefficient (Wildman–Crippen LogP) is 2.74. The van der Waals surface area contributed by atoms with E-state index in [4.69, 9.17) is 0 Å². The van der Waals surface area contributed by atoms with Crippen LogP contribution in [0.4, 0.5) is 0 Å². The van der Waals surface area contributed by atoms with Gasteiger partial charge < -0.3 is 0 Å². The Morgan fingerprint density at radius 1 is 1.30 bits per heavy atom. The number of halogens is 1. The number of nitrogens with one attached hydrogen (secondary N) is 1. The van der Waals surface area contributed by atoms with E-state index in [1.807, 2.05) is 18.2 Å². The third kappa shape index (κ3) is 6.33. The van der Waals surface area contributed by atoms with Crippen LogP contribution < -0.4 is 4.72 Å². The number of aromatic nitrogens is 1. The number of pyridine rings is 1. The molecular weight excluding hydrogens is 340 g/mol. The number of alkyl halides is 1. The van der Waals surface area contributed by atoms with Gasteiger partial charge in [0.25, 0.3) is 0 Å². The van der Waals surface area contributed by atoms with Crippen LogP contribution >= 0.6 is 15.9 Å². The van der Waals surface area contributed by atoms with Crippen molar-refractivity contribution in [3.05, 3.63) is 30.1 Å². The lowest BCUT2D eigenvalue weighted by atomic mass is 10.00. The summed E-state index contributed by atoms with van der Waals surface area (Å²) in [5, 5.41) is 0. The number of hydrogen-bond donors (Lipinski definition) is 1. The van der Waals surface area contributed by atoms with Crippen LogP contribution in [-0.2, 0) is 16.4 Å². The van der Waals surface area contributed by atoms with Gasteiger partial charge in [-0.25, -0.2) is 13.1 Å². The van der Waals surface area contributed by atoms with Gasteiger partial charge in [0.2, 0.25) is 10.0 Å². The van der Waals surface area contributed by atoms with E-state index in [9.17, 15) is 8.42 Å². The number of rotatable bonds is 9. The molecule has 4 nitrogen and oxygen atoms in total. The summed E-state index contributed by atoms with van der Waals surface area (Å²) in [7, 11) is -3.24. The highest BCUT2D eigenvalue weighted by Gasteiger charge is 2.18. The molecule has 1 rings (SSSR count). The van der Waals surface area contributed by atoms with E-state index in [2.05, 4.69) is 39.5 Å². The zero-order valence-electron chi connectivity index (χ0n) is 12.0. The van der Waals surface area contributed by atoms with Crippen LogP contribution in [0.25, 0.3) is 0 Å². The highest BCUT2D eigenvalue weighted by molar-refractivity contribution is 9.09. The second-order valence-electron chi connectivity index (χ2n) is 4.83. The molecule has 0 amide bonds. The quantitative estimate of drug-likeness (QED) is 0.687. The molecule has 0 radical (unpaired) electrons. The molecule has 0 spiro atoms. The van der Waals surface area contributed by atoms with Gasteiger partial charge in [0.05, 0.1) is 5.75 Å². The fourth-order valence-corrected chi connectivity index (χ4v) is 4.21. The first-order valence-corrected chi connectivity index (χ1v) is 9.56. The van der Waals surface area contributed by atoms with Crippen molar-refractivity contribution in [2.45, 2.75) is 37.9 Å². The third-order valence-corrected chi connectivity index (χ3v) is 5.83. The van der Waals surface area contributed by atoms with E-state index >= 15 is 0 Å². The van der Waals surface area contributed by atoms with E-state index in [-0.39, 0.29) is 10.6 Å². The number of hydrogen-bond acceptors (Lipinski definition) is 3. The van der Waals surface area contributed by atoms with Gasteiger partial charge in [0.15, 0.2) is 0 Å². The van der Waals surface area contributed by atoms with Crippen molar-refractivity contribution in [3.63, 3.8) is 0 Å². The van der Waals surface area contributed by atoms with Crippen LogP contribution in [0.3, 0.4) is 0 Å². The van der Waals surface area contributed by atoms with E-state index in [0.717, 1.165) is 18.5 Å². The van der Waals surface area contributed by atoms with E-state index in [1.54, 1.807) is 6.20 Å². The Balaban J connectivity index is 2.42. The molecule has 114 valence electrons. The average molecular weight is 363 g/mol. The highest BCUT2D eigenvalue weighted by atomic mass is 79.9. The van der Waals surface area contributed by atoms with Crippen LogP contribution in [0.2, 0.25) is 0 Å². The van der Waals surface area contributed by atoms with Gasteiger partial charge >= 0.3 is 0 Å². The average Bonchev–Trinajstić information content (AvgIpc) is 2.46. The number of sulfonamides is 1. The van der Waals surface area contributed by atoms with Crippen LogP contribution in [-0.4, -0.2) is 30.5 Å². The molecule has 0 saturated carbocycles. The molecule has 0 aliphatic carbocycles. The number of aryl methyl sites for hydroxylation is 1. The second kappa shape index (κ2) is 8.74. The van der Waals surface area contributed by atoms with Gasteiger partial charge in [-0.2, -0.15) is 0 Å². The monoisotopic (exact) mass is 362 g/mol. The zero-order chi connectivity index (χ0) is 15.0. The Bertz CT molecular complexity index is 475. The summed E-state index contributed by atoms with van der Waals surface area (Å²) in [6.45, 7) is 4.69. The molecule has 0 aliphatic rings. The molecule has 0 aliphatic heterocycles. The van der Waals surface area contributed by atoms with Gasteiger partial charge in [-0.15, -0.1) is 0 Å². The Hall–Kier alpha value is -0.460. The minimum absolute atomic E-state index is 0.0760. The fourth-order valence-electron chi connectivity index (χ4n) is 2.03. The summed E-state index contributed by atoms with van der Waals surface area (Å²) < 4.78 is 26.6. The standard InChI is InChI=1S/C14H23BrN2O2S/c1-3-12(4-2)14(15)11-17-20(18,19)10-8-13-7-5-6-9-16-13/h5-7,9,12,14,17H,3-4,8,10-11H2,1-2H3. The minimum Gasteiger partial charge on any atom is -0.261 e. The molecule has 0 saturated heterocycles. The normalized spacial score (nSPS) is 13.6. The Morgan fingerprint density at radius 2 is 2.00 bits per heavy atom. The molecule has 1 atom stereocenters. The second-order valence-corrected chi connectivity index (χ2v) is 7.93. The maximum atomic E-state index is 11.9. The zero-order valence-corrected chi connectivity index (χ0v) is 14.5. The molecule has 1 heterocycles. The Labute approximate surface area is 130 Å². The van der Waals surface area contributed by atoms with Crippen LogP contribution in [0.15, 0.2) is 24.4 Å². The summed E-state index contributed by atoms with van der Waals surface area (Å²) >= 11 is 3.57. The van der Waals surface area contributed by atoms with Crippen molar-refractivity contribution in [1.29, 1.82) is 0 Å². The first kappa shape index (κ1) is 17.6. The highest BCUT2D eigenvalue weighted by Crippen LogP contribution is 2.19. The summed E-state index contributed by atoms with van der Waals surface area (Å²) in [4.78, 5) is 4.31. The summed E-state index contributed by atoms with van der Waals surface area (Å²) in [6, 6.07) is 5.53. The SMILES string of the molecule is CCC(CC)C(Br)CNS(=O)(=O)CCc1ccccn1. The molecule has 0 bridgehead atoms. The molecule has 6 heteroatoms. The van der Waals surface area contributed by atoms with Crippen molar-refractivity contribution in [2.24, 2.45) is 5.92 Å².